The van der Waals surface area contributed by atoms with Crippen molar-refractivity contribution >= 4 is 11.6 Å². The Bertz CT molecular complexity index is 579. The van der Waals surface area contributed by atoms with E-state index in [-0.39, 0.29) is 5.91 Å². The number of rotatable bonds is 5. The lowest BCUT2D eigenvalue weighted by molar-refractivity contribution is -0.115. The van der Waals surface area contributed by atoms with Gasteiger partial charge in [-0.1, -0.05) is 18.2 Å². The van der Waals surface area contributed by atoms with Gasteiger partial charge in [0, 0.05) is 24.1 Å². The summed E-state index contributed by atoms with van der Waals surface area (Å²) in [5, 5.41) is 6.00. The van der Waals surface area contributed by atoms with Gasteiger partial charge in [0.25, 0.3) is 0 Å². The van der Waals surface area contributed by atoms with Crippen LogP contribution in [0.4, 0.5) is 5.69 Å². The summed E-state index contributed by atoms with van der Waals surface area (Å²) in [6.07, 6.45) is 2.08. The zero-order valence-electron chi connectivity index (χ0n) is 11.8. The molecule has 2 rings (SSSR count). The average Bonchev–Trinajstić information content (AvgIpc) is 2.42. The van der Waals surface area contributed by atoms with Crippen LogP contribution in [-0.4, -0.2) is 17.9 Å². The summed E-state index contributed by atoms with van der Waals surface area (Å²) in [5.74, 6) is -0.0303. The zero-order chi connectivity index (χ0) is 14.4. The number of amides is 1. The van der Waals surface area contributed by atoms with Crippen LogP contribution in [0.3, 0.4) is 0 Å². The minimum Gasteiger partial charge on any atom is -0.326 e. The molecule has 2 aromatic rings. The van der Waals surface area contributed by atoms with Crippen molar-refractivity contribution < 1.29 is 4.79 Å². The summed E-state index contributed by atoms with van der Waals surface area (Å²) >= 11 is 0. The number of anilines is 1. The standard InChI is InChI=1S/C16H19N3O/c1-12-6-7-14(11-18-12)9-16(20)19-15-5-3-4-13(8-15)10-17-2/h3-8,11,17H,9-10H2,1-2H3,(H,19,20). The Kier molecular flexibility index (Phi) is 4.85. The third-order valence-corrected chi connectivity index (χ3v) is 2.93. The highest BCUT2D eigenvalue weighted by Gasteiger charge is 2.05. The number of pyridine rings is 1. The van der Waals surface area contributed by atoms with Gasteiger partial charge < -0.3 is 10.6 Å². The molecule has 1 aromatic carbocycles. The number of nitrogens with one attached hydrogen (secondary N) is 2. The maximum Gasteiger partial charge on any atom is 0.228 e. The van der Waals surface area contributed by atoms with E-state index in [2.05, 4.69) is 15.6 Å². The van der Waals surface area contributed by atoms with Crippen LogP contribution in [0.1, 0.15) is 16.8 Å². The summed E-state index contributed by atoms with van der Waals surface area (Å²) in [6, 6.07) is 11.7. The lowest BCUT2D eigenvalue weighted by Gasteiger charge is -2.07. The van der Waals surface area contributed by atoms with Gasteiger partial charge in [-0.05, 0) is 43.3 Å². The number of benzene rings is 1. The van der Waals surface area contributed by atoms with Crippen molar-refractivity contribution in [3.05, 3.63) is 59.4 Å². The Labute approximate surface area is 119 Å². The number of carbonyl (C=O) groups is 1. The van der Waals surface area contributed by atoms with Crippen LogP contribution in [0, 0.1) is 6.92 Å². The fraction of sp³-hybridized carbons (Fsp3) is 0.250. The average molecular weight is 269 g/mol. The highest BCUT2D eigenvalue weighted by molar-refractivity contribution is 5.92. The molecular weight excluding hydrogens is 250 g/mol. The number of aryl methyl sites for hydroxylation is 1. The molecule has 4 nitrogen and oxygen atoms in total. The molecule has 1 aromatic heterocycles. The van der Waals surface area contributed by atoms with E-state index in [0.29, 0.717) is 6.42 Å². The lowest BCUT2D eigenvalue weighted by atomic mass is 10.1. The first-order chi connectivity index (χ1) is 9.67. The molecule has 0 aliphatic heterocycles. The van der Waals surface area contributed by atoms with E-state index in [1.54, 1.807) is 6.20 Å². The molecular formula is C16H19N3O. The van der Waals surface area contributed by atoms with Crippen LogP contribution >= 0.6 is 0 Å². The van der Waals surface area contributed by atoms with Gasteiger partial charge in [-0.2, -0.15) is 0 Å². The molecule has 104 valence electrons. The minimum atomic E-state index is -0.0303. The second-order valence-electron chi connectivity index (χ2n) is 4.76. The summed E-state index contributed by atoms with van der Waals surface area (Å²) in [7, 11) is 1.90. The van der Waals surface area contributed by atoms with Crippen molar-refractivity contribution in [3.63, 3.8) is 0 Å². The molecule has 2 N–H and O–H groups in total. The molecule has 20 heavy (non-hydrogen) atoms. The summed E-state index contributed by atoms with van der Waals surface area (Å²) in [4.78, 5) is 16.2. The molecule has 0 unspecified atom stereocenters. The fourth-order valence-corrected chi connectivity index (χ4v) is 1.96. The van der Waals surface area contributed by atoms with Crippen molar-refractivity contribution in [3.8, 4) is 0 Å². The molecule has 0 aliphatic carbocycles. The Morgan fingerprint density at radius 2 is 2.05 bits per heavy atom. The fourth-order valence-electron chi connectivity index (χ4n) is 1.96. The second-order valence-corrected chi connectivity index (χ2v) is 4.76. The van der Waals surface area contributed by atoms with E-state index >= 15 is 0 Å². The largest absolute Gasteiger partial charge is 0.326 e. The molecule has 0 spiro atoms. The van der Waals surface area contributed by atoms with Gasteiger partial charge in [-0.15, -0.1) is 0 Å². The first-order valence-corrected chi connectivity index (χ1v) is 6.62. The molecule has 0 radical (unpaired) electrons. The topological polar surface area (TPSA) is 54.0 Å². The molecule has 0 fully saturated rings. The van der Waals surface area contributed by atoms with Gasteiger partial charge >= 0.3 is 0 Å². The Morgan fingerprint density at radius 1 is 1.20 bits per heavy atom. The van der Waals surface area contributed by atoms with Crippen LogP contribution in [0.15, 0.2) is 42.6 Å². The molecule has 0 aliphatic rings. The first kappa shape index (κ1) is 14.2. The SMILES string of the molecule is CNCc1cccc(NC(=O)Cc2ccc(C)nc2)c1. The number of nitrogens with zero attached hydrogens (tertiary/aromatic N) is 1. The summed E-state index contributed by atoms with van der Waals surface area (Å²) in [6.45, 7) is 2.71. The van der Waals surface area contributed by atoms with Crippen molar-refractivity contribution in [2.75, 3.05) is 12.4 Å². The lowest BCUT2D eigenvalue weighted by Crippen LogP contribution is -2.15. The predicted molar refractivity (Wildman–Crippen MR) is 80.5 cm³/mol. The van der Waals surface area contributed by atoms with Crippen LogP contribution in [0.2, 0.25) is 0 Å². The van der Waals surface area contributed by atoms with Crippen molar-refractivity contribution in [2.45, 2.75) is 19.9 Å². The molecule has 1 amide bonds. The van der Waals surface area contributed by atoms with Gasteiger partial charge in [-0.3, -0.25) is 9.78 Å². The molecule has 0 atom stereocenters. The first-order valence-electron chi connectivity index (χ1n) is 6.62. The molecule has 1 heterocycles. The number of hydrogen-bond acceptors (Lipinski definition) is 3. The van der Waals surface area contributed by atoms with Gasteiger partial charge in [0.2, 0.25) is 5.91 Å². The Morgan fingerprint density at radius 3 is 2.75 bits per heavy atom. The monoisotopic (exact) mass is 269 g/mol. The summed E-state index contributed by atoms with van der Waals surface area (Å²) in [5.41, 5.74) is 3.83. The van der Waals surface area contributed by atoms with E-state index in [0.717, 1.165) is 29.1 Å². The van der Waals surface area contributed by atoms with E-state index in [1.807, 2.05) is 50.4 Å². The van der Waals surface area contributed by atoms with E-state index in [9.17, 15) is 4.79 Å². The normalized spacial score (nSPS) is 10.3. The number of carbonyl (C=O) groups excluding carboxylic acids is 1. The van der Waals surface area contributed by atoms with Crippen LogP contribution in [0.5, 0.6) is 0 Å². The molecule has 0 bridgehead atoms. The second kappa shape index (κ2) is 6.82. The van der Waals surface area contributed by atoms with Crippen molar-refractivity contribution in [1.29, 1.82) is 0 Å². The van der Waals surface area contributed by atoms with Gasteiger partial charge in [0.1, 0.15) is 0 Å². The summed E-state index contributed by atoms with van der Waals surface area (Å²) < 4.78 is 0. The number of aromatic nitrogens is 1. The predicted octanol–water partition coefficient (Wildman–Crippen LogP) is 2.29. The van der Waals surface area contributed by atoms with Crippen molar-refractivity contribution in [2.24, 2.45) is 0 Å². The van der Waals surface area contributed by atoms with Crippen LogP contribution in [0.25, 0.3) is 0 Å². The van der Waals surface area contributed by atoms with Gasteiger partial charge in [0.05, 0.1) is 6.42 Å². The van der Waals surface area contributed by atoms with E-state index < -0.39 is 0 Å². The van der Waals surface area contributed by atoms with E-state index in [4.69, 9.17) is 0 Å². The Balaban J connectivity index is 1.97. The van der Waals surface area contributed by atoms with Gasteiger partial charge in [0.15, 0.2) is 0 Å². The van der Waals surface area contributed by atoms with Crippen LogP contribution < -0.4 is 10.6 Å². The number of hydrogen-bond donors (Lipinski definition) is 2. The maximum absolute atomic E-state index is 12.0. The molecule has 0 saturated carbocycles. The van der Waals surface area contributed by atoms with Crippen molar-refractivity contribution in [1.82, 2.24) is 10.3 Å². The molecule has 0 saturated heterocycles. The highest BCUT2D eigenvalue weighted by atomic mass is 16.1. The highest BCUT2D eigenvalue weighted by Crippen LogP contribution is 2.11. The minimum absolute atomic E-state index is 0.0303. The van der Waals surface area contributed by atoms with Crippen LogP contribution in [-0.2, 0) is 17.8 Å². The zero-order valence-corrected chi connectivity index (χ0v) is 11.8. The van der Waals surface area contributed by atoms with Gasteiger partial charge in [-0.25, -0.2) is 0 Å². The third kappa shape index (κ3) is 4.17. The molecule has 4 heteroatoms. The smallest absolute Gasteiger partial charge is 0.228 e. The Hall–Kier alpha value is -2.20. The third-order valence-electron chi connectivity index (χ3n) is 2.93. The quantitative estimate of drug-likeness (QED) is 0.875. The van der Waals surface area contributed by atoms with E-state index in [1.165, 1.54) is 0 Å². The maximum atomic E-state index is 12.0.